The zero-order valence-electron chi connectivity index (χ0n) is 10.9. The van der Waals surface area contributed by atoms with Gasteiger partial charge in [-0.25, -0.2) is 8.78 Å². The number of nitro groups is 1. The zero-order chi connectivity index (χ0) is 15.4. The van der Waals surface area contributed by atoms with Crippen LogP contribution in [0.15, 0.2) is 36.4 Å². The Hall–Kier alpha value is -2.54. The van der Waals surface area contributed by atoms with Gasteiger partial charge in [0.25, 0.3) is 0 Å². The molecular weight excluding hydrogens is 282 g/mol. The third kappa shape index (κ3) is 3.51. The second-order valence-electron chi connectivity index (χ2n) is 4.29. The molecule has 0 radical (unpaired) electrons. The van der Waals surface area contributed by atoms with Crippen LogP contribution in [0.4, 0.5) is 14.5 Å². The van der Waals surface area contributed by atoms with E-state index in [2.05, 4.69) is 0 Å². The van der Waals surface area contributed by atoms with Crippen LogP contribution >= 0.6 is 0 Å². The Morgan fingerprint density at radius 3 is 2.57 bits per heavy atom. The van der Waals surface area contributed by atoms with Crippen molar-refractivity contribution < 1.29 is 18.4 Å². The Bertz CT molecular complexity index is 677. The van der Waals surface area contributed by atoms with Gasteiger partial charge in [-0.05, 0) is 23.8 Å². The van der Waals surface area contributed by atoms with Crippen molar-refractivity contribution in [2.45, 2.75) is 13.2 Å². The van der Waals surface area contributed by atoms with Crippen molar-refractivity contribution in [3.8, 4) is 5.75 Å². The molecule has 0 amide bonds. The maximum atomic E-state index is 13.5. The van der Waals surface area contributed by atoms with Gasteiger partial charge >= 0.3 is 5.69 Å². The summed E-state index contributed by atoms with van der Waals surface area (Å²) in [6, 6.07) is 7.34. The molecule has 2 N–H and O–H groups in total. The van der Waals surface area contributed by atoms with Crippen molar-refractivity contribution in [3.63, 3.8) is 0 Å². The molecule has 0 atom stereocenters. The van der Waals surface area contributed by atoms with E-state index in [-0.39, 0.29) is 30.2 Å². The van der Waals surface area contributed by atoms with Gasteiger partial charge in [0.2, 0.25) is 0 Å². The first-order valence-corrected chi connectivity index (χ1v) is 6.05. The van der Waals surface area contributed by atoms with Gasteiger partial charge < -0.3 is 10.5 Å². The third-order valence-corrected chi connectivity index (χ3v) is 2.85. The van der Waals surface area contributed by atoms with Crippen molar-refractivity contribution in [1.82, 2.24) is 0 Å². The van der Waals surface area contributed by atoms with Gasteiger partial charge in [-0.1, -0.05) is 6.07 Å². The van der Waals surface area contributed by atoms with E-state index in [0.717, 1.165) is 12.1 Å². The van der Waals surface area contributed by atoms with Gasteiger partial charge in [-0.2, -0.15) is 0 Å². The number of nitrogens with zero attached hydrogens (tertiary/aromatic N) is 1. The lowest BCUT2D eigenvalue weighted by molar-refractivity contribution is -0.386. The van der Waals surface area contributed by atoms with Crippen LogP contribution in [0.5, 0.6) is 5.75 Å². The first kappa shape index (κ1) is 14.9. The molecule has 0 aliphatic heterocycles. The molecule has 110 valence electrons. The molecule has 21 heavy (non-hydrogen) atoms. The van der Waals surface area contributed by atoms with E-state index >= 15 is 0 Å². The molecule has 2 aromatic rings. The molecule has 2 rings (SSSR count). The molecule has 2 aromatic carbocycles. The molecule has 0 unspecified atom stereocenters. The molecule has 0 aliphatic rings. The monoisotopic (exact) mass is 294 g/mol. The third-order valence-electron chi connectivity index (χ3n) is 2.85. The highest BCUT2D eigenvalue weighted by Crippen LogP contribution is 2.28. The molecule has 0 fully saturated rings. The summed E-state index contributed by atoms with van der Waals surface area (Å²) >= 11 is 0. The van der Waals surface area contributed by atoms with Crippen LogP contribution < -0.4 is 10.5 Å². The Morgan fingerprint density at radius 1 is 1.19 bits per heavy atom. The maximum absolute atomic E-state index is 13.5. The molecule has 0 aliphatic carbocycles. The summed E-state index contributed by atoms with van der Waals surface area (Å²) in [5.74, 6) is -1.47. The van der Waals surface area contributed by atoms with E-state index in [0.29, 0.717) is 5.56 Å². The first-order valence-electron chi connectivity index (χ1n) is 6.05. The van der Waals surface area contributed by atoms with E-state index in [1.807, 2.05) is 0 Å². The summed E-state index contributed by atoms with van der Waals surface area (Å²) in [5.41, 5.74) is 5.86. The molecule has 0 saturated carbocycles. The van der Waals surface area contributed by atoms with Gasteiger partial charge in [-0.15, -0.1) is 0 Å². The zero-order valence-corrected chi connectivity index (χ0v) is 10.9. The Labute approximate surface area is 119 Å². The second kappa shape index (κ2) is 6.27. The summed E-state index contributed by atoms with van der Waals surface area (Å²) in [6.45, 7) is -0.0807. The summed E-state index contributed by atoms with van der Waals surface area (Å²) in [5, 5.41) is 11.0. The fourth-order valence-corrected chi connectivity index (χ4v) is 1.75. The van der Waals surface area contributed by atoms with Crippen LogP contribution in [-0.2, 0) is 13.2 Å². The van der Waals surface area contributed by atoms with Crippen molar-refractivity contribution >= 4 is 5.69 Å². The number of nitrogens with two attached hydrogens (primary N) is 1. The Kier molecular flexibility index (Phi) is 4.44. The molecule has 5 nitrogen and oxygen atoms in total. The summed E-state index contributed by atoms with van der Waals surface area (Å²) in [6.07, 6.45) is 0. The molecular formula is C14H12F2N2O3. The van der Waals surface area contributed by atoms with Crippen LogP contribution in [-0.4, -0.2) is 4.92 Å². The topological polar surface area (TPSA) is 78.4 Å². The Morgan fingerprint density at radius 2 is 1.95 bits per heavy atom. The van der Waals surface area contributed by atoms with Crippen molar-refractivity contribution in [3.05, 3.63) is 69.3 Å². The summed E-state index contributed by atoms with van der Waals surface area (Å²) < 4.78 is 31.5. The lowest BCUT2D eigenvalue weighted by atomic mass is 10.2. The van der Waals surface area contributed by atoms with Gasteiger partial charge in [0.1, 0.15) is 18.2 Å². The lowest BCUT2D eigenvalue weighted by Crippen LogP contribution is -2.03. The van der Waals surface area contributed by atoms with Gasteiger partial charge in [0.05, 0.1) is 4.92 Å². The van der Waals surface area contributed by atoms with Crippen LogP contribution in [0.25, 0.3) is 0 Å². The van der Waals surface area contributed by atoms with E-state index in [1.165, 1.54) is 18.2 Å². The number of halogens is 2. The van der Waals surface area contributed by atoms with Crippen molar-refractivity contribution in [1.29, 1.82) is 0 Å². The van der Waals surface area contributed by atoms with Gasteiger partial charge in [0, 0.05) is 24.2 Å². The summed E-state index contributed by atoms with van der Waals surface area (Å²) in [4.78, 5) is 10.4. The number of hydrogen-bond acceptors (Lipinski definition) is 4. The summed E-state index contributed by atoms with van der Waals surface area (Å²) in [7, 11) is 0. The highest BCUT2D eigenvalue weighted by molar-refractivity contribution is 5.48. The van der Waals surface area contributed by atoms with Crippen LogP contribution in [0, 0.1) is 21.7 Å². The molecule has 7 heteroatoms. The molecule has 0 spiro atoms. The first-order chi connectivity index (χ1) is 10.0. The molecule has 0 aromatic heterocycles. The Balaban J connectivity index is 2.21. The lowest BCUT2D eigenvalue weighted by Gasteiger charge is -2.08. The standard InChI is InChI=1S/C14H12F2N2O3/c15-11-3-2-10(12(16)6-11)8-21-14-4-1-9(7-17)5-13(14)18(19)20/h1-6H,7-8,17H2. The van der Waals surface area contributed by atoms with E-state index in [4.69, 9.17) is 10.5 Å². The van der Waals surface area contributed by atoms with Crippen LogP contribution in [0.3, 0.4) is 0 Å². The maximum Gasteiger partial charge on any atom is 0.311 e. The number of benzene rings is 2. The highest BCUT2D eigenvalue weighted by Gasteiger charge is 2.16. The number of rotatable bonds is 5. The average molecular weight is 294 g/mol. The molecule has 0 heterocycles. The molecule has 0 bridgehead atoms. The van der Waals surface area contributed by atoms with E-state index in [1.54, 1.807) is 6.07 Å². The number of hydrogen-bond donors (Lipinski definition) is 1. The normalized spacial score (nSPS) is 10.4. The van der Waals surface area contributed by atoms with E-state index in [9.17, 15) is 18.9 Å². The predicted molar refractivity (Wildman–Crippen MR) is 71.7 cm³/mol. The van der Waals surface area contributed by atoms with Crippen molar-refractivity contribution in [2.75, 3.05) is 0 Å². The average Bonchev–Trinajstić information content (AvgIpc) is 2.46. The minimum Gasteiger partial charge on any atom is -0.482 e. The smallest absolute Gasteiger partial charge is 0.311 e. The fraction of sp³-hybridized carbons (Fsp3) is 0.143. The van der Waals surface area contributed by atoms with Crippen LogP contribution in [0.1, 0.15) is 11.1 Å². The quantitative estimate of drug-likeness (QED) is 0.679. The molecule has 0 saturated heterocycles. The predicted octanol–water partition coefficient (Wildman–Crippen LogP) is 2.91. The van der Waals surface area contributed by atoms with Gasteiger partial charge in [0.15, 0.2) is 5.75 Å². The second-order valence-corrected chi connectivity index (χ2v) is 4.29. The minimum atomic E-state index is -0.767. The largest absolute Gasteiger partial charge is 0.482 e. The van der Waals surface area contributed by atoms with Gasteiger partial charge in [-0.3, -0.25) is 10.1 Å². The fourth-order valence-electron chi connectivity index (χ4n) is 1.75. The highest BCUT2D eigenvalue weighted by atomic mass is 19.1. The van der Waals surface area contributed by atoms with Crippen LogP contribution in [0.2, 0.25) is 0 Å². The minimum absolute atomic E-state index is 0.000856. The number of ether oxygens (including phenoxy) is 1. The van der Waals surface area contributed by atoms with E-state index < -0.39 is 16.6 Å². The number of nitro benzene ring substituents is 1. The SMILES string of the molecule is NCc1ccc(OCc2ccc(F)cc2F)c([N+](=O)[O-])c1. The van der Waals surface area contributed by atoms with Crippen molar-refractivity contribution in [2.24, 2.45) is 5.73 Å².